The normalized spacial score (nSPS) is 28.8. The Morgan fingerprint density at radius 2 is 1.40 bits per heavy atom. The molecule has 30 heavy (non-hydrogen) atoms. The highest BCUT2D eigenvalue weighted by atomic mass is 16.6. The van der Waals surface area contributed by atoms with Crippen molar-refractivity contribution in [3.63, 3.8) is 0 Å². The van der Waals surface area contributed by atoms with Crippen LogP contribution in [0.1, 0.15) is 24.0 Å². The molecule has 0 fully saturated rings. The van der Waals surface area contributed by atoms with E-state index < -0.39 is 11.2 Å². The molecule has 0 amide bonds. The van der Waals surface area contributed by atoms with Gasteiger partial charge in [0, 0.05) is 41.3 Å². The second kappa shape index (κ2) is 10.2. The third-order valence-electron chi connectivity index (χ3n) is 6.25. The Labute approximate surface area is 180 Å². The largest absolute Gasteiger partial charge is 0.378 e. The van der Waals surface area contributed by atoms with Gasteiger partial charge in [0.2, 0.25) is 0 Å². The lowest BCUT2D eigenvalue weighted by Crippen LogP contribution is -2.60. The number of hydrogen-bond acceptors (Lipinski definition) is 4. The molecule has 0 aliphatic heterocycles. The predicted molar refractivity (Wildman–Crippen MR) is 118 cm³/mol. The molecular weight excluding hydrogens is 376 g/mol. The molecule has 0 aromatic heterocycles. The van der Waals surface area contributed by atoms with Crippen molar-refractivity contribution in [2.24, 2.45) is 0 Å². The van der Waals surface area contributed by atoms with Crippen LogP contribution >= 0.6 is 0 Å². The van der Waals surface area contributed by atoms with Crippen LogP contribution in [0.5, 0.6) is 0 Å². The lowest BCUT2D eigenvalue weighted by molar-refractivity contribution is -0.166. The molecule has 1 aliphatic rings. The van der Waals surface area contributed by atoms with Crippen LogP contribution in [0, 0.1) is 11.8 Å². The Kier molecular flexibility index (Phi) is 7.69. The van der Waals surface area contributed by atoms with Crippen molar-refractivity contribution in [1.82, 2.24) is 0 Å². The summed E-state index contributed by atoms with van der Waals surface area (Å²) >= 11 is 0. The molecule has 4 heteroatoms. The summed E-state index contributed by atoms with van der Waals surface area (Å²) in [6.07, 6.45) is 2.35. The van der Waals surface area contributed by atoms with Crippen molar-refractivity contribution >= 4 is 0 Å². The smallest absolute Gasteiger partial charge is 0.161 e. The van der Waals surface area contributed by atoms with Crippen molar-refractivity contribution < 1.29 is 18.9 Å². The Hall–Kier alpha value is -2.16. The number of ether oxygens (including phenoxy) is 4. The minimum Gasteiger partial charge on any atom is -0.378 e. The maximum Gasteiger partial charge on any atom is 0.161 e. The van der Waals surface area contributed by atoms with Gasteiger partial charge in [-0.1, -0.05) is 72.5 Å². The number of hydrogen-bond donors (Lipinski definition) is 0. The maximum absolute atomic E-state index is 6.34. The van der Waals surface area contributed by atoms with E-state index in [1.807, 2.05) is 24.3 Å². The van der Waals surface area contributed by atoms with E-state index in [1.54, 1.807) is 28.4 Å². The van der Waals surface area contributed by atoms with Crippen molar-refractivity contribution in [3.05, 3.63) is 71.8 Å². The average Bonchev–Trinajstić information content (AvgIpc) is 2.79. The molecule has 2 aromatic rings. The van der Waals surface area contributed by atoms with Crippen LogP contribution in [0.3, 0.4) is 0 Å². The molecule has 160 valence electrons. The summed E-state index contributed by atoms with van der Waals surface area (Å²) in [4.78, 5) is 0. The molecule has 0 heterocycles. The zero-order valence-corrected chi connectivity index (χ0v) is 18.4. The van der Waals surface area contributed by atoms with Crippen LogP contribution in [0.2, 0.25) is 0 Å². The molecule has 4 nitrogen and oxygen atoms in total. The van der Waals surface area contributed by atoms with Crippen LogP contribution in [0.15, 0.2) is 60.7 Å². The van der Waals surface area contributed by atoms with Gasteiger partial charge in [0.25, 0.3) is 0 Å². The van der Waals surface area contributed by atoms with Crippen LogP contribution in [0.25, 0.3) is 0 Å². The number of methoxy groups -OCH3 is 4. The van der Waals surface area contributed by atoms with Gasteiger partial charge in [-0.3, -0.25) is 0 Å². The predicted octanol–water partition coefficient (Wildman–Crippen LogP) is 4.07. The summed E-state index contributed by atoms with van der Waals surface area (Å²) in [5.41, 5.74) is 0.852. The summed E-state index contributed by atoms with van der Waals surface area (Å²) < 4.78 is 24.0. The van der Waals surface area contributed by atoms with E-state index in [0.29, 0.717) is 12.8 Å². The van der Waals surface area contributed by atoms with Crippen LogP contribution in [-0.4, -0.2) is 51.8 Å². The second-order valence-electron chi connectivity index (χ2n) is 7.79. The van der Waals surface area contributed by atoms with Gasteiger partial charge in [0.15, 0.2) is 5.60 Å². The molecule has 1 aliphatic carbocycles. The number of rotatable bonds is 8. The fourth-order valence-electron chi connectivity index (χ4n) is 4.47. The van der Waals surface area contributed by atoms with Gasteiger partial charge in [-0.15, -0.1) is 0 Å². The molecule has 4 atom stereocenters. The molecule has 0 bridgehead atoms. The van der Waals surface area contributed by atoms with Crippen LogP contribution < -0.4 is 0 Å². The highest BCUT2D eigenvalue weighted by molar-refractivity contribution is 5.34. The molecule has 0 N–H and O–H groups in total. The summed E-state index contributed by atoms with van der Waals surface area (Å²) in [6, 6.07) is 20.7. The SMILES string of the molecule is COC1C#CC(Cc2ccccc2)(OC)C(Cc2ccccc2)(OC)CCC1OC. The van der Waals surface area contributed by atoms with Gasteiger partial charge in [-0.25, -0.2) is 0 Å². The first-order valence-corrected chi connectivity index (χ1v) is 10.4. The van der Waals surface area contributed by atoms with Crippen molar-refractivity contribution in [2.75, 3.05) is 28.4 Å². The summed E-state index contributed by atoms with van der Waals surface area (Å²) in [5.74, 6) is 6.77. The Morgan fingerprint density at radius 3 is 1.90 bits per heavy atom. The van der Waals surface area contributed by atoms with E-state index in [4.69, 9.17) is 18.9 Å². The lowest BCUT2D eigenvalue weighted by atomic mass is 9.70. The van der Waals surface area contributed by atoms with E-state index in [9.17, 15) is 0 Å². The molecule has 4 unspecified atom stereocenters. The quantitative estimate of drug-likeness (QED) is 0.617. The fourth-order valence-corrected chi connectivity index (χ4v) is 4.47. The van der Waals surface area contributed by atoms with Crippen molar-refractivity contribution in [2.45, 2.75) is 49.1 Å². The molecule has 3 rings (SSSR count). The van der Waals surface area contributed by atoms with Gasteiger partial charge < -0.3 is 18.9 Å². The van der Waals surface area contributed by atoms with Gasteiger partial charge in [0.05, 0.1) is 6.10 Å². The first-order valence-electron chi connectivity index (χ1n) is 10.4. The molecule has 0 saturated carbocycles. The Morgan fingerprint density at radius 1 is 0.800 bits per heavy atom. The Balaban J connectivity index is 2.13. The van der Waals surface area contributed by atoms with Crippen LogP contribution in [0.4, 0.5) is 0 Å². The van der Waals surface area contributed by atoms with Gasteiger partial charge in [0.1, 0.15) is 11.7 Å². The molecule has 2 aromatic carbocycles. The van der Waals surface area contributed by atoms with Crippen molar-refractivity contribution in [3.8, 4) is 11.8 Å². The molecule has 0 radical (unpaired) electrons. The summed E-state index contributed by atoms with van der Waals surface area (Å²) in [7, 11) is 6.87. The number of benzene rings is 2. The lowest BCUT2D eigenvalue weighted by Gasteiger charge is -2.47. The second-order valence-corrected chi connectivity index (χ2v) is 7.79. The minimum atomic E-state index is -0.839. The highest BCUT2D eigenvalue weighted by Gasteiger charge is 2.53. The van der Waals surface area contributed by atoms with E-state index in [2.05, 4.69) is 48.2 Å². The molecular formula is C26H32O4. The first kappa shape index (κ1) is 22.5. The molecule has 0 saturated heterocycles. The van der Waals surface area contributed by atoms with E-state index in [-0.39, 0.29) is 12.2 Å². The standard InChI is InChI=1S/C26H32O4/c1-27-23-15-17-25(29-3,19-21-11-7-5-8-12-21)26(30-4,18-16-24(23)28-2)20-22-13-9-6-10-14-22/h5-14,23-24H,15,17,19-20H2,1-4H3. The van der Waals surface area contributed by atoms with Gasteiger partial charge in [-0.2, -0.15) is 0 Å². The fraction of sp³-hybridized carbons (Fsp3) is 0.462. The zero-order valence-electron chi connectivity index (χ0n) is 18.4. The third kappa shape index (κ3) is 4.61. The van der Waals surface area contributed by atoms with Gasteiger partial charge >= 0.3 is 0 Å². The average molecular weight is 409 g/mol. The van der Waals surface area contributed by atoms with Gasteiger partial charge in [-0.05, 0) is 24.0 Å². The molecule has 0 spiro atoms. The topological polar surface area (TPSA) is 36.9 Å². The van der Waals surface area contributed by atoms with Crippen LogP contribution in [-0.2, 0) is 31.8 Å². The summed E-state index contributed by atoms with van der Waals surface area (Å²) in [6.45, 7) is 0. The Bertz CT molecular complexity index is 842. The van der Waals surface area contributed by atoms with E-state index in [1.165, 1.54) is 5.56 Å². The third-order valence-corrected chi connectivity index (χ3v) is 6.25. The van der Waals surface area contributed by atoms with Crippen molar-refractivity contribution in [1.29, 1.82) is 0 Å². The van der Waals surface area contributed by atoms with E-state index >= 15 is 0 Å². The summed E-state index contributed by atoms with van der Waals surface area (Å²) in [5, 5.41) is 0. The first-order chi connectivity index (χ1) is 14.6. The monoisotopic (exact) mass is 408 g/mol. The van der Waals surface area contributed by atoms with E-state index in [0.717, 1.165) is 18.4 Å². The minimum absolute atomic E-state index is 0.126. The maximum atomic E-state index is 6.34. The zero-order chi connectivity index (χ0) is 21.5. The highest BCUT2D eigenvalue weighted by Crippen LogP contribution is 2.41.